The van der Waals surface area contributed by atoms with Crippen LogP contribution in [0.5, 0.6) is 0 Å². The third kappa shape index (κ3) is 2.66. The first-order valence-electron chi connectivity index (χ1n) is 7.32. The van der Waals surface area contributed by atoms with Gasteiger partial charge in [0.1, 0.15) is 0 Å². The van der Waals surface area contributed by atoms with Gasteiger partial charge in [-0.25, -0.2) is 0 Å². The molecule has 3 nitrogen and oxygen atoms in total. The number of benzene rings is 1. The van der Waals surface area contributed by atoms with Crippen molar-refractivity contribution < 1.29 is 4.79 Å². The average molecular weight is 258 g/mol. The van der Waals surface area contributed by atoms with Crippen molar-refractivity contribution in [1.29, 1.82) is 0 Å². The van der Waals surface area contributed by atoms with E-state index in [0.29, 0.717) is 6.42 Å². The molecule has 2 fully saturated rings. The molecule has 3 rings (SSSR count). The molecule has 1 aromatic carbocycles. The highest BCUT2D eigenvalue weighted by Crippen LogP contribution is 2.38. The number of fused-ring (bicyclic) bond motifs is 1. The molecular formula is C16H22N2O. The van der Waals surface area contributed by atoms with E-state index in [0.717, 1.165) is 30.5 Å². The van der Waals surface area contributed by atoms with Gasteiger partial charge in [0.15, 0.2) is 0 Å². The van der Waals surface area contributed by atoms with Crippen LogP contribution in [0.1, 0.15) is 37.3 Å². The molecule has 3 unspecified atom stereocenters. The summed E-state index contributed by atoms with van der Waals surface area (Å²) in [7, 11) is 0. The minimum Gasteiger partial charge on any atom is -0.342 e. The van der Waals surface area contributed by atoms with E-state index in [4.69, 9.17) is 5.73 Å². The summed E-state index contributed by atoms with van der Waals surface area (Å²) >= 11 is 0. The molecule has 3 atom stereocenters. The molecule has 19 heavy (non-hydrogen) atoms. The maximum Gasteiger partial charge on any atom is 0.224 e. The first kappa shape index (κ1) is 12.7. The van der Waals surface area contributed by atoms with E-state index in [-0.39, 0.29) is 11.9 Å². The zero-order valence-electron chi connectivity index (χ0n) is 11.3. The Kier molecular flexibility index (Phi) is 3.56. The van der Waals surface area contributed by atoms with Crippen molar-refractivity contribution in [1.82, 2.24) is 4.90 Å². The third-order valence-corrected chi connectivity index (χ3v) is 4.70. The number of likely N-dealkylation sites (tertiary alicyclic amines) is 1. The Bertz CT molecular complexity index is 433. The van der Waals surface area contributed by atoms with Gasteiger partial charge in [-0.15, -0.1) is 0 Å². The number of hydrogen-bond acceptors (Lipinski definition) is 2. The van der Waals surface area contributed by atoms with Gasteiger partial charge in [-0.05, 0) is 30.2 Å². The van der Waals surface area contributed by atoms with E-state index in [9.17, 15) is 4.79 Å². The molecule has 1 heterocycles. The summed E-state index contributed by atoms with van der Waals surface area (Å²) in [4.78, 5) is 14.3. The molecule has 0 radical (unpaired) electrons. The van der Waals surface area contributed by atoms with Crippen LogP contribution in [0.2, 0.25) is 0 Å². The summed E-state index contributed by atoms with van der Waals surface area (Å²) in [6, 6.07) is 9.74. The van der Waals surface area contributed by atoms with Gasteiger partial charge in [-0.3, -0.25) is 4.79 Å². The number of nitrogens with two attached hydrogens (primary N) is 1. The van der Waals surface area contributed by atoms with Crippen LogP contribution >= 0.6 is 0 Å². The van der Waals surface area contributed by atoms with Gasteiger partial charge in [0.05, 0.1) is 0 Å². The van der Waals surface area contributed by atoms with Gasteiger partial charge in [0.25, 0.3) is 0 Å². The highest BCUT2D eigenvalue weighted by atomic mass is 16.2. The van der Waals surface area contributed by atoms with Crippen molar-refractivity contribution in [2.45, 2.75) is 31.7 Å². The first-order valence-corrected chi connectivity index (χ1v) is 7.32. The Hall–Kier alpha value is -1.35. The lowest BCUT2D eigenvalue weighted by atomic mass is 10.0. The van der Waals surface area contributed by atoms with E-state index >= 15 is 0 Å². The topological polar surface area (TPSA) is 46.3 Å². The highest BCUT2D eigenvalue weighted by molar-refractivity contribution is 5.77. The van der Waals surface area contributed by atoms with Crippen molar-refractivity contribution in [3.63, 3.8) is 0 Å². The van der Waals surface area contributed by atoms with Crippen LogP contribution in [0, 0.1) is 11.8 Å². The second-order valence-corrected chi connectivity index (χ2v) is 5.97. The Morgan fingerprint density at radius 2 is 1.84 bits per heavy atom. The zero-order chi connectivity index (χ0) is 13.2. The maximum atomic E-state index is 12.3. The minimum atomic E-state index is -0.172. The van der Waals surface area contributed by atoms with Gasteiger partial charge in [0, 0.05) is 25.6 Å². The molecule has 3 heteroatoms. The van der Waals surface area contributed by atoms with Crippen LogP contribution in [0.15, 0.2) is 30.3 Å². The Morgan fingerprint density at radius 3 is 2.47 bits per heavy atom. The first-order chi connectivity index (χ1) is 9.24. The lowest BCUT2D eigenvalue weighted by molar-refractivity contribution is -0.130. The molecule has 1 saturated heterocycles. The second kappa shape index (κ2) is 5.33. The molecule has 1 saturated carbocycles. The number of hydrogen-bond donors (Lipinski definition) is 1. The van der Waals surface area contributed by atoms with Crippen molar-refractivity contribution in [2.75, 3.05) is 13.1 Å². The monoisotopic (exact) mass is 258 g/mol. The van der Waals surface area contributed by atoms with Crippen molar-refractivity contribution in [3.8, 4) is 0 Å². The van der Waals surface area contributed by atoms with Crippen LogP contribution in [0.4, 0.5) is 0 Å². The van der Waals surface area contributed by atoms with Gasteiger partial charge < -0.3 is 10.6 Å². The number of nitrogens with zero attached hydrogens (tertiary/aromatic N) is 1. The van der Waals surface area contributed by atoms with Gasteiger partial charge >= 0.3 is 0 Å². The molecule has 1 aromatic rings. The molecule has 1 aliphatic carbocycles. The smallest absolute Gasteiger partial charge is 0.224 e. The average Bonchev–Trinajstić information content (AvgIpc) is 3.00. The van der Waals surface area contributed by atoms with E-state index < -0.39 is 0 Å². The Labute approximate surface area is 114 Å². The lowest BCUT2D eigenvalue weighted by Gasteiger charge is -2.20. The minimum absolute atomic E-state index is 0.172. The highest BCUT2D eigenvalue weighted by Gasteiger charge is 2.38. The molecule has 102 valence electrons. The second-order valence-electron chi connectivity index (χ2n) is 5.97. The standard InChI is InChI=1S/C16H22N2O/c17-15(12-5-2-1-3-6-12)9-16(19)18-10-13-7-4-8-14(13)11-18/h1-3,5-6,13-15H,4,7-11,17H2. The molecule has 2 N–H and O–H groups in total. The molecule has 1 amide bonds. The Morgan fingerprint density at radius 1 is 1.21 bits per heavy atom. The lowest BCUT2D eigenvalue weighted by Crippen LogP contribution is -2.32. The van der Waals surface area contributed by atoms with Crippen LogP contribution in [0.3, 0.4) is 0 Å². The number of carbonyl (C=O) groups is 1. The van der Waals surface area contributed by atoms with Crippen molar-refractivity contribution >= 4 is 5.91 Å². The molecule has 2 aliphatic rings. The predicted octanol–water partition coefficient (Wildman–Crippen LogP) is 2.33. The zero-order valence-corrected chi connectivity index (χ0v) is 11.3. The number of rotatable bonds is 3. The molecule has 0 bridgehead atoms. The summed E-state index contributed by atoms with van der Waals surface area (Å²) < 4.78 is 0. The number of amides is 1. The molecule has 0 aromatic heterocycles. The van der Waals surface area contributed by atoms with Crippen molar-refractivity contribution in [2.24, 2.45) is 17.6 Å². The third-order valence-electron chi connectivity index (χ3n) is 4.70. The van der Waals surface area contributed by atoms with Crippen molar-refractivity contribution in [3.05, 3.63) is 35.9 Å². The summed E-state index contributed by atoms with van der Waals surface area (Å²) in [5, 5.41) is 0. The summed E-state index contributed by atoms with van der Waals surface area (Å²) in [6.45, 7) is 1.93. The fraction of sp³-hybridized carbons (Fsp3) is 0.562. The van der Waals surface area contributed by atoms with Crippen LogP contribution in [-0.2, 0) is 4.79 Å². The van der Waals surface area contributed by atoms with Crippen LogP contribution < -0.4 is 5.73 Å². The molecule has 0 spiro atoms. The maximum absolute atomic E-state index is 12.3. The fourth-order valence-electron chi connectivity index (χ4n) is 3.57. The summed E-state index contributed by atoms with van der Waals surface area (Å²) in [6.07, 6.45) is 4.39. The summed E-state index contributed by atoms with van der Waals surface area (Å²) in [5.74, 6) is 1.75. The van der Waals surface area contributed by atoms with Crippen LogP contribution in [-0.4, -0.2) is 23.9 Å². The van der Waals surface area contributed by atoms with Gasteiger partial charge in [-0.2, -0.15) is 0 Å². The largest absolute Gasteiger partial charge is 0.342 e. The van der Waals surface area contributed by atoms with Crippen LogP contribution in [0.25, 0.3) is 0 Å². The normalized spacial score (nSPS) is 27.3. The quantitative estimate of drug-likeness (QED) is 0.904. The number of carbonyl (C=O) groups excluding carboxylic acids is 1. The molecular weight excluding hydrogens is 236 g/mol. The van der Waals surface area contributed by atoms with E-state index in [1.165, 1.54) is 19.3 Å². The van der Waals surface area contributed by atoms with E-state index in [1.807, 2.05) is 35.2 Å². The Balaban J connectivity index is 1.57. The molecule has 1 aliphatic heterocycles. The summed E-state index contributed by atoms with van der Waals surface area (Å²) in [5.41, 5.74) is 7.18. The SMILES string of the molecule is NC(CC(=O)N1CC2CCCC2C1)c1ccccc1. The fourth-order valence-corrected chi connectivity index (χ4v) is 3.57. The van der Waals surface area contributed by atoms with Gasteiger partial charge in [-0.1, -0.05) is 36.8 Å². The van der Waals surface area contributed by atoms with Gasteiger partial charge in [0.2, 0.25) is 5.91 Å². The predicted molar refractivity (Wildman–Crippen MR) is 75.4 cm³/mol. The van der Waals surface area contributed by atoms with E-state index in [2.05, 4.69) is 0 Å². The van der Waals surface area contributed by atoms with E-state index in [1.54, 1.807) is 0 Å².